The van der Waals surface area contributed by atoms with Crippen molar-refractivity contribution in [3.8, 4) is 0 Å². The summed E-state index contributed by atoms with van der Waals surface area (Å²) in [5, 5.41) is 1.18. The highest BCUT2D eigenvalue weighted by molar-refractivity contribution is 7.90. The van der Waals surface area contributed by atoms with Gasteiger partial charge in [0.1, 0.15) is 4.90 Å². The summed E-state index contributed by atoms with van der Waals surface area (Å²) >= 11 is 5.78. The van der Waals surface area contributed by atoms with Gasteiger partial charge in [0.05, 0.1) is 11.6 Å². The predicted molar refractivity (Wildman–Crippen MR) is 66.2 cm³/mol. The number of amides is 2. The molecule has 6 nitrogen and oxygen atoms in total. The Morgan fingerprint density at radius 2 is 2.11 bits per heavy atom. The average molecular weight is 288 g/mol. The number of urea groups is 1. The summed E-state index contributed by atoms with van der Waals surface area (Å²) in [5.74, 6) is 0. The molecule has 0 saturated heterocycles. The van der Waals surface area contributed by atoms with Crippen LogP contribution in [0.25, 0.3) is 0 Å². The van der Waals surface area contributed by atoms with Crippen molar-refractivity contribution >= 4 is 27.7 Å². The largest absolute Gasteiger partial charge is 0.350 e. The maximum absolute atomic E-state index is 11.9. The van der Waals surface area contributed by atoms with Crippen molar-refractivity contribution in [1.29, 1.82) is 0 Å². The van der Waals surface area contributed by atoms with E-state index in [1.807, 2.05) is 4.72 Å². The molecule has 1 aliphatic heterocycles. The van der Waals surface area contributed by atoms with Crippen LogP contribution in [0.15, 0.2) is 41.4 Å². The number of halogens is 1. The molecule has 0 atom stereocenters. The number of sulfonamides is 1. The van der Waals surface area contributed by atoms with Crippen LogP contribution in [-0.4, -0.2) is 26.0 Å². The third-order valence-corrected chi connectivity index (χ3v) is 4.05. The van der Waals surface area contributed by atoms with Crippen LogP contribution in [0.2, 0.25) is 5.02 Å². The Morgan fingerprint density at radius 3 is 2.72 bits per heavy atom. The Balaban J connectivity index is 2.17. The van der Waals surface area contributed by atoms with Crippen molar-refractivity contribution in [1.82, 2.24) is 15.2 Å². The smallest absolute Gasteiger partial charge is 0.302 e. The second kappa shape index (κ2) is 4.87. The number of carbonyl (C=O) groups is 1. The number of benzene rings is 1. The van der Waals surface area contributed by atoms with E-state index in [1.54, 1.807) is 18.3 Å². The number of nitrogens with one attached hydrogen (secondary N) is 2. The lowest BCUT2D eigenvalue weighted by Gasteiger charge is -2.17. The van der Waals surface area contributed by atoms with Gasteiger partial charge >= 0.3 is 6.03 Å². The zero-order valence-corrected chi connectivity index (χ0v) is 10.7. The van der Waals surface area contributed by atoms with Gasteiger partial charge in [0.2, 0.25) is 0 Å². The highest BCUT2D eigenvalue weighted by atomic mass is 35.5. The molecule has 0 fully saturated rings. The van der Waals surface area contributed by atoms with Gasteiger partial charge < -0.3 is 5.43 Å². The molecule has 2 amide bonds. The van der Waals surface area contributed by atoms with Crippen LogP contribution in [-0.2, 0) is 10.0 Å². The van der Waals surface area contributed by atoms with Gasteiger partial charge in [-0.25, -0.2) is 22.9 Å². The summed E-state index contributed by atoms with van der Waals surface area (Å²) in [6, 6.07) is 5.14. The minimum atomic E-state index is -3.97. The van der Waals surface area contributed by atoms with E-state index in [9.17, 15) is 13.2 Å². The molecule has 1 heterocycles. The van der Waals surface area contributed by atoms with Gasteiger partial charge in [-0.05, 0) is 18.2 Å². The lowest BCUT2D eigenvalue weighted by Crippen LogP contribution is -2.45. The first-order chi connectivity index (χ1) is 8.50. The number of hydrogen-bond acceptors (Lipinski definition) is 4. The summed E-state index contributed by atoms with van der Waals surface area (Å²) in [4.78, 5) is 11.5. The molecule has 0 unspecified atom stereocenters. The van der Waals surface area contributed by atoms with Gasteiger partial charge in [0, 0.05) is 6.20 Å². The standard InChI is InChI=1S/C10H10ClN3O3S/c11-8-4-1-2-5-9(8)18(16,17)13-10(15)14-7-3-6-12-14/h1-6,12H,7H2,(H,13,15). The fourth-order valence-electron chi connectivity index (χ4n) is 1.38. The van der Waals surface area contributed by atoms with Crippen molar-refractivity contribution in [2.24, 2.45) is 0 Å². The van der Waals surface area contributed by atoms with E-state index in [1.165, 1.54) is 18.2 Å². The summed E-state index contributed by atoms with van der Waals surface area (Å²) in [6.45, 7) is 0.296. The monoisotopic (exact) mass is 287 g/mol. The number of nitrogens with zero attached hydrogens (tertiary/aromatic N) is 1. The van der Waals surface area contributed by atoms with Crippen LogP contribution in [0.4, 0.5) is 4.79 Å². The SMILES string of the molecule is O=C(NS(=O)(=O)c1ccccc1Cl)N1CC=CN1. The van der Waals surface area contributed by atoms with E-state index in [2.05, 4.69) is 5.43 Å². The zero-order valence-electron chi connectivity index (χ0n) is 9.13. The quantitative estimate of drug-likeness (QED) is 0.853. The van der Waals surface area contributed by atoms with E-state index in [0.29, 0.717) is 6.54 Å². The Kier molecular flexibility index (Phi) is 3.44. The molecule has 0 saturated carbocycles. The van der Waals surface area contributed by atoms with Gasteiger partial charge in [-0.2, -0.15) is 0 Å². The van der Waals surface area contributed by atoms with Crippen LogP contribution in [0.5, 0.6) is 0 Å². The molecule has 96 valence electrons. The Hall–Kier alpha value is -1.73. The number of carbonyl (C=O) groups excluding carboxylic acids is 1. The molecule has 2 N–H and O–H groups in total. The number of hydrogen-bond donors (Lipinski definition) is 2. The lowest BCUT2D eigenvalue weighted by molar-refractivity contribution is 0.200. The van der Waals surface area contributed by atoms with Gasteiger partial charge in [0.15, 0.2) is 0 Å². The molecular formula is C10H10ClN3O3S. The fourth-order valence-corrected chi connectivity index (χ4v) is 2.86. The normalized spacial score (nSPS) is 14.4. The van der Waals surface area contributed by atoms with E-state index < -0.39 is 16.1 Å². The fraction of sp³-hybridized carbons (Fsp3) is 0.100. The van der Waals surface area contributed by atoms with Gasteiger partial charge in [-0.3, -0.25) is 0 Å². The van der Waals surface area contributed by atoms with E-state index >= 15 is 0 Å². The van der Waals surface area contributed by atoms with E-state index in [0.717, 1.165) is 5.01 Å². The maximum Gasteiger partial charge on any atom is 0.350 e. The number of rotatable bonds is 2. The molecule has 1 aliphatic rings. The van der Waals surface area contributed by atoms with Crippen molar-refractivity contribution in [2.75, 3.05) is 6.54 Å². The molecule has 1 aromatic carbocycles. The second-order valence-corrected chi connectivity index (χ2v) is 5.54. The van der Waals surface area contributed by atoms with Gasteiger partial charge in [-0.1, -0.05) is 23.7 Å². The van der Waals surface area contributed by atoms with E-state index in [-0.39, 0.29) is 9.92 Å². The topological polar surface area (TPSA) is 78.5 Å². The van der Waals surface area contributed by atoms with Crippen molar-refractivity contribution in [3.63, 3.8) is 0 Å². The highest BCUT2D eigenvalue weighted by Crippen LogP contribution is 2.20. The highest BCUT2D eigenvalue weighted by Gasteiger charge is 2.24. The van der Waals surface area contributed by atoms with Crippen LogP contribution >= 0.6 is 11.6 Å². The third-order valence-electron chi connectivity index (χ3n) is 2.23. The molecule has 1 aromatic rings. The predicted octanol–water partition coefficient (Wildman–Crippen LogP) is 1.07. The molecule has 0 radical (unpaired) electrons. The molecule has 0 aliphatic carbocycles. The minimum Gasteiger partial charge on any atom is -0.302 e. The third kappa shape index (κ3) is 2.57. The first-order valence-corrected chi connectivity index (χ1v) is 6.87. The van der Waals surface area contributed by atoms with Crippen molar-refractivity contribution in [2.45, 2.75) is 4.90 Å². The van der Waals surface area contributed by atoms with Crippen LogP contribution in [0.3, 0.4) is 0 Å². The Morgan fingerprint density at radius 1 is 1.39 bits per heavy atom. The lowest BCUT2D eigenvalue weighted by atomic mass is 10.4. The Labute approximate surface area is 109 Å². The summed E-state index contributed by atoms with van der Waals surface area (Å²) in [5.41, 5.74) is 2.59. The maximum atomic E-state index is 11.9. The molecule has 0 aromatic heterocycles. The van der Waals surface area contributed by atoms with Gasteiger partial charge in [0.25, 0.3) is 10.0 Å². The van der Waals surface area contributed by atoms with Crippen molar-refractivity contribution in [3.05, 3.63) is 41.6 Å². The molecule has 0 spiro atoms. The zero-order chi connectivity index (χ0) is 13.2. The molecule has 8 heteroatoms. The van der Waals surface area contributed by atoms with Crippen LogP contribution in [0, 0.1) is 0 Å². The van der Waals surface area contributed by atoms with Crippen LogP contribution < -0.4 is 10.1 Å². The number of hydrazine groups is 1. The average Bonchev–Trinajstić information content (AvgIpc) is 2.82. The first kappa shape index (κ1) is 12.7. The second-order valence-electron chi connectivity index (χ2n) is 3.48. The van der Waals surface area contributed by atoms with Gasteiger partial charge in [-0.15, -0.1) is 0 Å². The summed E-state index contributed by atoms with van der Waals surface area (Å²) in [6.07, 6.45) is 3.23. The molecule has 0 bridgehead atoms. The van der Waals surface area contributed by atoms with Crippen molar-refractivity contribution < 1.29 is 13.2 Å². The summed E-state index contributed by atoms with van der Waals surface area (Å²) in [7, 11) is -3.97. The molecular weight excluding hydrogens is 278 g/mol. The minimum absolute atomic E-state index is 0.0605. The molecule has 2 rings (SSSR count). The van der Waals surface area contributed by atoms with E-state index in [4.69, 9.17) is 11.6 Å². The summed E-state index contributed by atoms with van der Waals surface area (Å²) < 4.78 is 25.8. The Bertz CT molecular complexity index is 592. The molecule has 18 heavy (non-hydrogen) atoms. The first-order valence-electron chi connectivity index (χ1n) is 5.01. The van der Waals surface area contributed by atoms with Crippen LogP contribution in [0.1, 0.15) is 0 Å².